The predicted molar refractivity (Wildman–Crippen MR) is 112 cm³/mol. The van der Waals surface area contributed by atoms with Gasteiger partial charge in [-0.3, -0.25) is 9.69 Å². The highest BCUT2D eigenvalue weighted by molar-refractivity contribution is 5.89. The lowest BCUT2D eigenvalue weighted by Gasteiger charge is -2.48. The molecule has 2 aliphatic heterocycles. The minimum Gasteiger partial charge on any atom is -0.465 e. The van der Waals surface area contributed by atoms with Gasteiger partial charge in [0.15, 0.2) is 0 Å². The highest BCUT2D eigenvalue weighted by atomic mass is 16.5. The number of esters is 1. The van der Waals surface area contributed by atoms with Crippen molar-refractivity contribution in [2.45, 2.75) is 38.3 Å². The minimum atomic E-state index is -0.299. The summed E-state index contributed by atoms with van der Waals surface area (Å²) in [5, 5.41) is 0. The van der Waals surface area contributed by atoms with E-state index in [9.17, 15) is 9.59 Å². The number of rotatable bonds is 3. The molecule has 2 aromatic carbocycles. The van der Waals surface area contributed by atoms with E-state index in [-0.39, 0.29) is 17.3 Å². The van der Waals surface area contributed by atoms with Crippen molar-refractivity contribution < 1.29 is 14.3 Å². The first-order chi connectivity index (χ1) is 14.0. The molecule has 1 fully saturated rings. The van der Waals surface area contributed by atoms with Crippen LogP contribution in [-0.4, -0.2) is 48.4 Å². The molecule has 0 unspecified atom stereocenters. The number of benzene rings is 2. The van der Waals surface area contributed by atoms with Crippen molar-refractivity contribution in [2.75, 3.05) is 26.7 Å². The molecule has 4 rings (SSSR count). The molecule has 1 spiro atoms. The lowest BCUT2D eigenvalue weighted by molar-refractivity contribution is -0.131. The van der Waals surface area contributed by atoms with Crippen LogP contribution in [-0.2, 0) is 28.0 Å². The molecule has 0 atom stereocenters. The van der Waals surface area contributed by atoms with Crippen LogP contribution in [0.5, 0.6) is 0 Å². The summed E-state index contributed by atoms with van der Waals surface area (Å²) in [4.78, 5) is 28.4. The number of amides is 1. The van der Waals surface area contributed by atoms with Crippen molar-refractivity contribution in [3.63, 3.8) is 0 Å². The van der Waals surface area contributed by atoms with Crippen molar-refractivity contribution in [3.8, 4) is 0 Å². The average molecular weight is 392 g/mol. The first-order valence-corrected chi connectivity index (χ1v) is 10.2. The molecule has 0 saturated carbocycles. The second-order valence-corrected chi connectivity index (χ2v) is 8.28. The third-order valence-electron chi connectivity index (χ3n) is 6.46. The van der Waals surface area contributed by atoms with E-state index in [1.807, 2.05) is 17.0 Å². The summed E-state index contributed by atoms with van der Waals surface area (Å²) in [5.41, 5.74) is 4.47. The van der Waals surface area contributed by atoms with E-state index in [0.717, 1.165) is 51.1 Å². The van der Waals surface area contributed by atoms with E-state index in [2.05, 4.69) is 35.2 Å². The Kier molecular flexibility index (Phi) is 5.41. The second-order valence-electron chi connectivity index (χ2n) is 8.28. The van der Waals surface area contributed by atoms with Crippen LogP contribution < -0.4 is 0 Å². The van der Waals surface area contributed by atoms with Gasteiger partial charge in [-0.15, -0.1) is 0 Å². The zero-order valence-electron chi connectivity index (χ0n) is 17.2. The summed E-state index contributed by atoms with van der Waals surface area (Å²) < 4.78 is 4.83. The van der Waals surface area contributed by atoms with Crippen molar-refractivity contribution in [2.24, 2.45) is 0 Å². The van der Waals surface area contributed by atoms with E-state index in [4.69, 9.17) is 4.74 Å². The van der Waals surface area contributed by atoms with Gasteiger partial charge in [-0.25, -0.2) is 4.79 Å². The van der Waals surface area contributed by atoms with Crippen molar-refractivity contribution in [1.82, 2.24) is 9.80 Å². The zero-order chi connectivity index (χ0) is 20.4. The van der Waals surface area contributed by atoms with Crippen LogP contribution in [0.4, 0.5) is 0 Å². The lowest BCUT2D eigenvalue weighted by atomic mass is 9.69. The van der Waals surface area contributed by atoms with Crippen molar-refractivity contribution >= 4 is 11.9 Å². The van der Waals surface area contributed by atoms with Gasteiger partial charge in [0.05, 0.1) is 12.7 Å². The molecule has 2 heterocycles. The first kappa shape index (κ1) is 19.6. The summed E-state index contributed by atoms with van der Waals surface area (Å²) in [6, 6.07) is 16.3. The molecule has 0 radical (unpaired) electrons. The second kappa shape index (κ2) is 7.99. The quantitative estimate of drug-likeness (QED) is 0.752. The van der Waals surface area contributed by atoms with Gasteiger partial charge in [0.1, 0.15) is 0 Å². The summed E-state index contributed by atoms with van der Waals surface area (Å²) in [7, 11) is 1.41. The minimum absolute atomic E-state index is 0.0465. The Hall–Kier alpha value is -2.66. The van der Waals surface area contributed by atoms with E-state index < -0.39 is 0 Å². The number of carbonyl (C=O) groups is 2. The van der Waals surface area contributed by atoms with Gasteiger partial charge in [0, 0.05) is 32.0 Å². The molecule has 1 saturated heterocycles. The zero-order valence-corrected chi connectivity index (χ0v) is 17.2. The van der Waals surface area contributed by atoms with Gasteiger partial charge in [-0.05, 0) is 54.8 Å². The van der Waals surface area contributed by atoms with E-state index in [1.165, 1.54) is 18.2 Å². The molecule has 0 bridgehead atoms. The van der Waals surface area contributed by atoms with Crippen LogP contribution in [0.2, 0.25) is 0 Å². The molecule has 2 aromatic rings. The van der Waals surface area contributed by atoms with Gasteiger partial charge in [0.25, 0.3) is 0 Å². The van der Waals surface area contributed by atoms with Crippen LogP contribution in [0.25, 0.3) is 0 Å². The Morgan fingerprint density at radius 2 is 1.83 bits per heavy atom. The number of carbonyl (C=O) groups excluding carboxylic acids is 2. The molecule has 5 heteroatoms. The van der Waals surface area contributed by atoms with Crippen LogP contribution in [0, 0.1) is 0 Å². The van der Waals surface area contributed by atoms with Gasteiger partial charge in [0.2, 0.25) is 5.91 Å². The Labute approximate surface area is 172 Å². The molecule has 0 aromatic heterocycles. The third kappa shape index (κ3) is 3.92. The largest absolute Gasteiger partial charge is 0.465 e. The van der Waals surface area contributed by atoms with Gasteiger partial charge >= 0.3 is 5.97 Å². The number of nitrogens with zero attached hydrogens (tertiary/aromatic N) is 2. The molecular weight excluding hydrogens is 364 g/mol. The van der Waals surface area contributed by atoms with E-state index in [1.54, 1.807) is 13.0 Å². The Bertz CT molecular complexity index is 916. The maximum absolute atomic E-state index is 12.1. The summed E-state index contributed by atoms with van der Waals surface area (Å²) >= 11 is 0. The Morgan fingerprint density at radius 1 is 1.07 bits per heavy atom. The predicted octanol–water partition coefficient (Wildman–Crippen LogP) is 3.37. The molecule has 0 N–H and O–H groups in total. The number of hydrogen-bond donors (Lipinski definition) is 0. The van der Waals surface area contributed by atoms with Gasteiger partial charge < -0.3 is 9.64 Å². The third-order valence-corrected chi connectivity index (χ3v) is 6.46. The first-order valence-electron chi connectivity index (χ1n) is 10.2. The molecule has 1 amide bonds. The smallest absolute Gasteiger partial charge is 0.337 e. The molecule has 2 aliphatic rings. The van der Waals surface area contributed by atoms with Gasteiger partial charge in [-0.1, -0.05) is 36.4 Å². The fraction of sp³-hybridized carbons (Fsp3) is 0.417. The molecular formula is C24H28N2O3. The van der Waals surface area contributed by atoms with E-state index >= 15 is 0 Å². The molecule has 0 aliphatic carbocycles. The fourth-order valence-corrected chi connectivity index (χ4v) is 4.85. The number of piperidine rings is 1. The topological polar surface area (TPSA) is 49.9 Å². The van der Waals surface area contributed by atoms with Crippen molar-refractivity contribution in [3.05, 3.63) is 70.8 Å². The maximum Gasteiger partial charge on any atom is 0.337 e. The summed E-state index contributed by atoms with van der Waals surface area (Å²) in [6.45, 7) is 5.97. The Balaban J connectivity index is 1.49. The highest BCUT2D eigenvalue weighted by Gasteiger charge is 2.42. The Morgan fingerprint density at radius 3 is 2.55 bits per heavy atom. The number of hydrogen-bond acceptors (Lipinski definition) is 4. The highest BCUT2D eigenvalue weighted by Crippen LogP contribution is 2.42. The van der Waals surface area contributed by atoms with Crippen molar-refractivity contribution in [1.29, 1.82) is 0 Å². The summed E-state index contributed by atoms with van der Waals surface area (Å²) in [6.07, 6.45) is 2.06. The van der Waals surface area contributed by atoms with Crippen LogP contribution in [0.15, 0.2) is 48.5 Å². The lowest BCUT2D eigenvalue weighted by Crippen LogP contribution is -2.52. The maximum atomic E-state index is 12.1. The number of ether oxygens (including phenoxy) is 1. The normalized spacial score (nSPS) is 18.3. The van der Waals surface area contributed by atoms with E-state index in [0.29, 0.717) is 5.56 Å². The SMILES string of the molecule is COC(=O)c1cccc(CN2CCC3(CC2)CN(C(C)=O)Cc2ccccc23)c1. The van der Waals surface area contributed by atoms with Crippen LogP contribution in [0.3, 0.4) is 0 Å². The molecule has 152 valence electrons. The monoisotopic (exact) mass is 392 g/mol. The molecule has 29 heavy (non-hydrogen) atoms. The number of likely N-dealkylation sites (tertiary alicyclic amines) is 1. The van der Waals surface area contributed by atoms with Crippen LogP contribution in [0.1, 0.15) is 46.8 Å². The van der Waals surface area contributed by atoms with Crippen LogP contribution >= 0.6 is 0 Å². The number of fused-ring (bicyclic) bond motifs is 2. The fourth-order valence-electron chi connectivity index (χ4n) is 4.85. The standard InChI is InChI=1S/C24H28N2O3/c1-18(27)26-16-21-7-3-4-9-22(21)24(17-26)10-12-25(13-11-24)15-19-6-5-8-20(14-19)23(28)29-2/h3-9,14H,10-13,15-17H2,1-2H3. The molecule has 5 nitrogen and oxygen atoms in total. The summed E-state index contributed by atoms with van der Waals surface area (Å²) in [5.74, 6) is -0.145. The number of methoxy groups -OCH3 is 1. The average Bonchev–Trinajstić information content (AvgIpc) is 2.75. The van der Waals surface area contributed by atoms with Gasteiger partial charge in [-0.2, -0.15) is 0 Å².